The zero-order valence-electron chi connectivity index (χ0n) is 17.9. The van der Waals surface area contributed by atoms with Gasteiger partial charge in [0.15, 0.2) is 0 Å². The summed E-state index contributed by atoms with van der Waals surface area (Å²) in [6.45, 7) is 0. The van der Waals surface area contributed by atoms with Crippen molar-refractivity contribution >= 4 is 17.1 Å². The highest BCUT2D eigenvalue weighted by Crippen LogP contribution is 2.34. The molecule has 5 rings (SSSR count). The molecule has 154 valence electrons. The molecule has 5 aromatic rings. The summed E-state index contributed by atoms with van der Waals surface area (Å²) in [6, 6.07) is 49.4. The minimum atomic E-state index is 0.903. The number of hydrogen-bond donors (Lipinski definition) is 0. The van der Waals surface area contributed by atoms with Crippen molar-refractivity contribution in [3.8, 4) is 11.1 Å². The van der Waals surface area contributed by atoms with Gasteiger partial charge in [-0.3, -0.25) is 0 Å². The van der Waals surface area contributed by atoms with Crippen molar-refractivity contribution in [2.75, 3.05) is 4.90 Å². The summed E-state index contributed by atoms with van der Waals surface area (Å²) < 4.78 is 0. The van der Waals surface area contributed by atoms with E-state index in [1.807, 2.05) is 0 Å². The van der Waals surface area contributed by atoms with Gasteiger partial charge in [-0.1, -0.05) is 103 Å². The first-order chi connectivity index (χ1) is 15.9. The second-order valence-electron chi connectivity index (χ2n) is 7.92. The van der Waals surface area contributed by atoms with Gasteiger partial charge in [-0.15, -0.1) is 0 Å². The molecule has 1 heteroatoms. The van der Waals surface area contributed by atoms with Crippen LogP contribution in [0.15, 0.2) is 140 Å². The topological polar surface area (TPSA) is 3.24 Å². The van der Waals surface area contributed by atoms with Crippen molar-refractivity contribution in [3.63, 3.8) is 0 Å². The fourth-order valence-corrected chi connectivity index (χ4v) is 4.09. The van der Waals surface area contributed by atoms with Crippen LogP contribution in [0, 0.1) is 0 Å². The van der Waals surface area contributed by atoms with E-state index in [9.17, 15) is 0 Å². The molecule has 32 heavy (non-hydrogen) atoms. The SMILES string of the molecule is c1ccc(-c2ccc(Cc3cccc(N(c4ccccc4)c4ccccc4)c3)cc2)cc1. The average Bonchev–Trinajstić information content (AvgIpc) is 2.87. The number of rotatable bonds is 6. The van der Waals surface area contributed by atoms with E-state index >= 15 is 0 Å². The summed E-state index contributed by atoms with van der Waals surface area (Å²) >= 11 is 0. The molecule has 0 aliphatic rings. The van der Waals surface area contributed by atoms with Gasteiger partial charge in [0.1, 0.15) is 0 Å². The van der Waals surface area contributed by atoms with Crippen LogP contribution in [-0.2, 0) is 6.42 Å². The highest BCUT2D eigenvalue weighted by atomic mass is 15.1. The maximum atomic E-state index is 2.31. The number of hydrogen-bond acceptors (Lipinski definition) is 1. The molecule has 0 aliphatic heterocycles. The molecule has 1 nitrogen and oxygen atoms in total. The van der Waals surface area contributed by atoms with Crippen LogP contribution in [0.3, 0.4) is 0 Å². The molecule has 0 aromatic heterocycles. The van der Waals surface area contributed by atoms with Crippen LogP contribution in [0.1, 0.15) is 11.1 Å². The first-order valence-electron chi connectivity index (χ1n) is 11.0. The second kappa shape index (κ2) is 9.36. The third kappa shape index (κ3) is 4.48. The molecule has 0 heterocycles. The smallest absolute Gasteiger partial charge is 0.0464 e. The first kappa shape index (κ1) is 19.8. The Morgan fingerprint density at radius 2 is 0.875 bits per heavy atom. The molecular weight excluding hydrogens is 386 g/mol. The maximum Gasteiger partial charge on any atom is 0.0464 e. The van der Waals surface area contributed by atoms with E-state index < -0.39 is 0 Å². The van der Waals surface area contributed by atoms with E-state index in [1.165, 1.54) is 27.9 Å². The summed E-state index contributed by atoms with van der Waals surface area (Å²) in [5.41, 5.74) is 8.59. The minimum Gasteiger partial charge on any atom is -0.310 e. The number of anilines is 3. The molecule has 0 fully saturated rings. The van der Waals surface area contributed by atoms with Gasteiger partial charge in [-0.25, -0.2) is 0 Å². The number of nitrogens with zero attached hydrogens (tertiary/aromatic N) is 1. The molecule has 0 spiro atoms. The van der Waals surface area contributed by atoms with Crippen molar-refractivity contribution in [3.05, 3.63) is 151 Å². The van der Waals surface area contributed by atoms with E-state index in [0.717, 1.165) is 17.8 Å². The number of benzene rings is 5. The van der Waals surface area contributed by atoms with Crippen LogP contribution in [0.5, 0.6) is 0 Å². The fraction of sp³-hybridized carbons (Fsp3) is 0.0323. The lowest BCUT2D eigenvalue weighted by atomic mass is 10.00. The lowest BCUT2D eigenvalue weighted by Crippen LogP contribution is -2.10. The Balaban J connectivity index is 1.43. The molecule has 0 N–H and O–H groups in total. The summed E-state index contributed by atoms with van der Waals surface area (Å²) in [7, 11) is 0. The van der Waals surface area contributed by atoms with E-state index in [4.69, 9.17) is 0 Å². The average molecular weight is 412 g/mol. The Hall–Kier alpha value is -4.10. The van der Waals surface area contributed by atoms with Gasteiger partial charge >= 0.3 is 0 Å². The zero-order valence-corrected chi connectivity index (χ0v) is 17.9. The molecular formula is C31H25N. The predicted octanol–water partition coefficient (Wildman–Crippen LogP) is 8.41. The standard InChI is InChI=1S/C31H25N/c1-4-12-27(13-5-1)28-21-19-25(20-22-28)23-26-11-10-18-31(24-26)32(29-14-6-2-7-15-29)30-16-8-3-9-17-30/h1-22,24H,23H2. The molecule has 5 aromatic carbocycles. The Kier molecular flexibility index (Phi) is 5.80. The van der Waals surface area contributed by atoms with Crippen LogP contribution in [0.25, 0.3) is 11.1 Å². The van der Waals surface area contributed by atoms with Gasteiger partial charge in [0.25, 0.3) is 0 Å². The number of para-hydroxylation sites is 2. The van der Waals surface area contributed by atoms with Gasteiger partial charge in [-0.2, -0.15) is 0 Å². The summed E-state index contributed by atoms with van der Waals surface area (Å²) in [6.07, 6.45) is 0.903. The normalized spacial score (nSPS) is 10.6. The Bertz CT molecular complexity index is 1220. The Morgan fingerprint density at radius 1 is 0.375 bits per heavy atom. The van der Waals surface area contributed by atoms with Gasteiger partial charge in [0.05, 0.1) is 0 Å². The monoisotopic (exact) mass is 411 g/mol. The van der Waals surface area contributed by atoms with Crippen LogP contribution in [0.4, 0.5) is 17.1 Å². The molecule has 0 unspecified atom stereocenters. The summed E-state index contributed by atoms with van der Waals surface area (Å²) in [5.74, 6) is 0. The molecule has 0 atom stereocenters. The summed E-state index contributed by atoms with van der Waals surface area (Å²) in [5, 5.41) is 0. The molecule has 0 saturated carbocycles. The van der Waals surface area contributed by atoms with Crippen molar-refractivity contribution < 1.29 is 0 Å². The van der Waals surface area contributed by atoms with Gasteiger partial charge in [0.2, 0.25) is 0 Å². The third-order valence-electron chi connectivity index (χ3n) is 5.67. The largest absolute Gasteiger partial charge is 0.310 e. The van der Waals surface area contributed by atoms with Crippen molar-refractivity contribution in [1.82, 2.24) is 0 Å². The van der Waals surface area contributed by atoms with E-state index in [-0.39, 0.29) is 0 Å². The predicted molar refractivity (Wildman–Crippen MR) is 136 cm³/mol. The molecule has 0 amide bonds. The molecule has 0 saturated heterocycles. The lowest BCUT2D eigenvalue weighted by molar-refractivity contribution is 1.18. The molecule has 0 bridgehead atoms. The molecule has 0 aliphatic carbocycles. The summed E-state index contributed by atoms with van der Waals surface area (Å²) in [4.78, 5) is 2.31. The quantitative estimate of drug-likeness (QED) is 0.271. The Morgan fingerprint density at radius 3 is 1.47 bits per heavy atom. The first-order valence-corrected chi connectivity index (χ1v) is 11.0. The maximum absolute atomic E-state index is 2.31. The second-order valence-corrected chi connectivity index (χ2v) is 7.92. The Labute approximate surface area is 190 Å². The van der Waals surface area contributed by atoms with Crippen LogP contribution in [-0.4, -0.2) is 0 Å². The van der Waals surface area contributed by atoms with Gasteiger partial charge in [0, 0.05) is 17.1 Å². The van der Waals surface area contributed by atoms with Crippen molar-refractivity contribution in [1.29, 1.82) is 0 Å². The van der Waals surface area contributed by atoms with Crippen LogP contribution >= 0.6 is 0 Å². The third-order valence-corrected chi connectivity index (χ3v) is 5.67. The minimum absolute atomic E-state index is 0.903. The van der Waals surface area contributed by atoms with Crippen LogP contribution in [0.2, 0.25) is 0 Å². The van der Waals surface area contributed by atoms with Gasteiger partial charge in [-0.05, 0) is 65.1 Å². The van der Waals surface area contributed by atoms with Crippen LogP contribution < -0.4 is 4.90 Å². The van der Waals surface area contributed by atoms with Crippen molar-refractivity contribution in [2.24, 2.45) is 0 Å². The zero-order chi connectivity index (χ0) is 21.6. The van der Waals surface area contributed by atoms with E-state index in [1.54, 1.807) is 0 Å². The van der Waals surface area contributed by atoms with E-state index in [2.05, 4.69) is 144 Å². The highest BCUT2D eigenvalue weighted by Gasteiger charge is 2.12. The fourth-order valence-electron chi connectivity index (χ4n) is 4.09. The molecule has 0 radical (unpaired) electrons. The van der Waals surface area contributed by atoms with E-state index in [0.29, 0.717) is 0 Å². The van der Waals surface area contributed by atoms with Gasteiger partial charge < -0.3 is 4.90 Å². The highest BCUT2D eigenvalue weighted by molar-refractivity contribution is 5.76. The van der Waals surface area contributed by atoms with Crippen molar-refractivity contribution in [2.45, 2.75) is 6.42 Å². The lowest BCUT2D eigenvalue weighted by Gasteiger charge is -2.25.